The van der Waals surface area contributed by atoms with Gasteiger partial charge in [-0.2, -0.15) is 9.61 Å². The van der Waals surface area contributed by atoms with Crippen molar-refractivity contribution in [1.82, 2.24) is 19.8 Å². The zero-order chi connectivity index (χ0) is 16.9. The van der Waals surface area contributed by atoms with Crippen molar-refractivity contribution in [2.75, 3.05) is 26.1 Å². The second-order valence-electron chi connectivity index (χ2n) is 5.36. The summed E-state index contributed by atoms with van der Waals surface area (Å²) in [5.74, 6) is 1.61. The maximum atomic E-state index is 5.44. The van der Waals surface area contributed by atoms with Crippen molar-refractivity contribution >= 4 is 11.3 Å². The van der Waals surface area contributed by atoms with Crippen molar-refractivity contribution in [1.29, 1.82) is 0 Å². The van der Waals surface area contributed by atoms with E-state index in [1.165, 1.54) is 0 Å². The van der Waals surface area contributed by atoms with E-state index in [4.69, 9.17) is 9.47 Å². The van der Waals surface area contributed by atoms with E-state index in [9.17, 15) is 0 Å². The molecule has 0 saturated carbocycles. The molecule has 3 aromatic rings. The van der Waals surface area contributed by atoms with Crippen LogP contribution in [0.1, 0.15) is 18.2 Å². The van der Waals surface area contributed by atoms with E-state index in [1.807, 2.05) is 24.3 Å². The summed E-state index contributed by atoms with van der Waals surface area (Å²) in [7, 11) is 3.32. The normalized spacial score (nSPS) is 10.8. The fourth-order valence-corrected chi connectivity index (χ4v) is 2.57. The van der Waals surface area contributed by atoms with Gasteiger partial charge >= 0.3 is 0 Å². The quantitative estimate of drug-likeness (QED) is 0.718. The van der Waals surface area contributed by atoms with Crippen LogP contribution in [0.15, 0.2) is 30.6 Å². The molecule has 1 N–H and O–H groups in total. The average molecular weight is 327 g/mol. The number of anilines is 1. The van der Waals surface area contributed by atoms with E-state index in [-0.39, 0.29) is 0 Å². The first kappa shape index (κ1) is 16.0. The molecule has 0 radical (unpaired) electrons. The summed E-state index contributed by atoms with van der Waals surface area (Å²) in [6, 6.07) is 7.88. The Kier molecular flexibility index (Phi) is 4.79. The van der Waals surface area contributed by atoms with Gasteiger partial charge < -0.3 is 14.8 Å². The lowest BCUT2D eigenvalue weighted by molar-refractivity contribution is 0.391. The lowest BCUT2D eigenvalue weighted by Crippen LogP contribution is -2.09. The minimum absolute atomic E-state index is 0.730. The molecule has 0 amide bonds. The van der Waals surface area contributed by atoms with Gasteiger partial charge in [-0.05, 0) is 30.5 Å². The van der Waals surface area contributed by atoms with E-state index in [1.54, 1.807) is 25.1 Å². The molecule has 0 aliphatic heterocycles. The molecule has 0 bridgehead atoms. The molecule has 126 valence electrons. The second kappa shape index (κ2) is 7.16. The lowest BCUT2D eigenvalue weighted by atomic mass is 10.1. The topological polar surface area (TPSA) is 73.6 Å². The van der Waals surface area contributed by atoms with Gasteiger partial charge in [0.1, 0.15) is 17.8 Å². The summed E-state index contributed by atoms with van der Waals surface area (Å²) in [6.45, 7) is 2.82. The number of hydrogen-bond donors (Lipinski definition) is 1. The van der Waals surface area contributed by atoms with Crippen LogP contribution in [-0.2, 0) is 12.8 Å². The highest BCUT2D eigenvalue weighted by molar-refractivity contribution is 5.66. The molecule has 0 atom stereocenters. The third kappa shape index (κ3) is 3.24. The summed E-state index contributed by atoms with van der Waals surface area (Å²) in [5.41, 5.74) is 3.78. The zero-order valence-corrected chi connectivity index (χ0v) is 14.1. The van der Waals surface area contributed by atoms with Crippen LogP contribution in [0.4, 0.5) is 5.69 Å². The van der Waals surface area contributed by atoms with Crippen LogP contribution in [-0.4, -0.2) is 40.6 Å². The van der Waals surface area contributed by atoms with E-state index in [2.05, 4.69) is 27.5 Å². The van der Waals surface area contributed by atoms with Crippen LogP contribution in [0, 0.1) is 0 Å². The number of nitrogens with zero attached hydrogens (tertiary/aromatic N) is 4. The van der Waals surface area contributed by atoms with Crippen LogP contribution < -0.4 is 14.8 Å². The second-order valence-corrected chi connectivity index (χ2v) is 5.36. The van der Waals surface area contributed by atoms with Gasteiger partial charge in [0.25, 0.3) is 0 Å². The summed E-state index contributed by atoms with van der Waals surface area (Å²) in [5, 5.41) is 15.9. The molecule has 0 saturated heterocycles. The fraction of sp³-hybridized carbons (Fsp3) is 0.353. The van der Waals surface area contributed by atoms with E-state index in [0.717, 1.165) is 53.5 Å². The first-order chi connectivity index (χ1) is 11.7. The highest BCUT2D eigenvalue weighted by atomic mass is 16.5. The Bertz CT molecular complexity index is 831. The minimum atomic E-state index is 0.730. The molecule has 2 heterocycles. The van der Waals surface area contributed by atoms with Gasteiger partial charge in [0.05, 0.1) is 25.6 Å². The van der Waals surface area contributed by atoms with Gasteiger partial charge in [0.2, 0.25) is 5.65 Å². The van der Waals surface area contributed by atoms with Crippen molar-refractivity contribution in [2.24, 2.45) is 0 Å². The SMILES string of the molecule is CCc1cc(NCCc2ccc(OC)cc2OC)c2nncn2n1. The Morgan fingerprint density at radius 2 is 2.04 bits per heavy atom. The summed E-state index contributed by atoms with van der Waals surface area (Å²) < 4.78 is 12.4. The predicted octanol–water partition coefficient (Wildman–Crippen LogP) is 2.36. The van der Waals surface area contributed by atoms with Crippen molar-refractivity contribution in [2.45, 2.75) is 19.8 Å². The molecule has 7 nitrogen and oxygen atoms in total. The minimum Gasteiger partial charge on any atom is -0.497 e. The Morgan fingerprint density at radius 3 is 2.79 bits per heavy atom. The van der Waals surface area contributed by atoms with Crippen LogP contribution >= 0.6 is 0 Å². The Balaban J connectivity index is 1.74. The largest absolute Gasteiger partial charge is 0.497 e. The molecule has 0 unspecified atom stereocenters. The van der Waals surface area contributed by atoms with Crippen LogP contribution in [0.25, 0.3) is 5.65 Å². The van der Waals surface area contributed by atoms with Gasteiger partial charge in [-0.3, -0.25) is 0 Å². The molecule has 0 fully saturated rings. The number of ether oxygens (including phenoxy) is 2. The first-order valence-corrected chi connectivity index (χ1v) is 7.90. The predicted molar refractivity (Wildman–Crippen MR) is 91.9 cm³/mol. The fourth-order valence-electron chi connectivity index (χ4n) is 2.57. The first-order valence-electron chi connectivity index (χ1n) is 7.90. The molecular formula is C17H21N5O2. The van der Waals surface area contributed by atoms with Crippen LogP contribution in [0.2, 0.25) is 0 Å². The maximum absolute atomic E-state index is 5.44. The molecule has 7 heteroatoms. The Morgan fingerprint density at radius 1 is 1.17 bits per heavy atom. The van der Waals surface area contributed by atoms with Crippen LogP contribution in [0.5, 0.6) is 11.5 Å². The van der Waals surface area contributed by atoms with Gasteiger partial charge in [-0.1, -0.05) is 13.0 Å². The van der Waals surface area contributed by atoms with Crippen molar-refractivity contribution in [3.8, 4) is 11.5 Å². The Hall–Kier alpha value is -2.83. The number of hydrogen-bond acceptors (Lipinski definition) is 6. The highest BCUT2D eigenvalue weighted by Gasteiger charge is 2.09. The third-order valence-corrected chi connectivity index (χ3v) is 3.88. The molecule has 3 rings (SSSR count). The number of aryl methyl sites for hydroxylation is 1. The van der Waals surface area contributed by atoms with Crippen molar-refractivity contribution in [3.63, 3.8) is 0 Å². The van der Waals surface area contributed by atoms with Gasteiger partial charge in [-0.25, -0.2) is 0 Å². The number of rotatable bonds is 7. The van der Waals surface area contributed by atoms with Crippen molar-refractivity contribution in [3.05, 3.63) is 41.9 Å². The number of fused-ring (bicyclic) bond motifs is 1. The summed E-state index contributed by atoms with van der Waals surface area (Å²) in [6.07, 6.45) is 3.29. The van der Waals surface area contributed by atoms with Crippen LogP contribution in [0.3, 0.4) is 0 Å². The summed E-state index contributed by atoms with van der Waals surface area (Å²) in [4.78, 5) is 0. The molecule has 0 spiro atoms. The maximum Gasteiger partial charge on any atom is 0.200 e. The number of methoxy groups -OCH3 is 2. The van der Waals surface area contributed by atoms with Gasteiger partial charge in [0.15, 0.2) is 0 Å². The Labute approximate surface area is 140 Å². The molecular weight excluding hydrogens is 306 g/mol. The van der Waals surface area contributed by atoms with Gasteiger partial charge in [0, 0.05) is 12.6 Å². The molecule has 0 aliphatic rings. The third-order valence-electron chi connectivity index (χ3n) is 3.88. The molecule has 0 aliphatic carbocycles. The zero-order valence-electron chi connectivity index (χ0n) is 14.1. The number of nitrogens with one attached hydrogen (secondary N) is 1. The lowest BCUT2D eigenvalue weighted by Gasteiger charge is -2.12. The van der Waals surface area contributed by atoms with Crippen molar-refractivity contribution < 1.29 is 9.47 Å². The molecule has 24 heavy (non-hydrogen) atoms. The van der Waals surface area contributed by atoms with Gasteiger partial charge in [-0.15, -0.1) is 10.2 Å². The smallest absolute Gasteiger partial charge is 0.200 e. The number of aromatic nitrogens is 4. The summed E-state index contributed by atoms with van der Waals surface area (Å²) >= 11 is 0. The van der Waals surface area contributed by atoms with E-state index >= 15 is 0 Å². The van der Waals surface area contributed by atoms with E-state index in [0.29, 0.717) is 0 Å². The monoisotopic (exact) mass is 327 g/mol. The van der Waals surface area contributed by atoms with E-state index < -0.39 is 0 Å². The standard InChI is InChI=1S/C17H21N5O2/c1-4-13-9-15(17-20-19-11-22(17)21-13)18-8-7-12-5-6-14(23-2)10-16(12)24-3/h5-6,9-11,18H,4,7-8H2,1-3H3. The number of benzene rings is 1. The molecule has 2 aromatic heterocycles. The average Bonchev–Trinajstić information content (AvgIpc) is 3.10. The molecule has 1 aromatic carbocycles. The highest BCUT2D eigenvalue weighted by Crippen LogP contribution is 2.25.